The third-order valence-corrected chi connectivity index (χ3v) is 3.25. The molecule has 1 aliphatic carbocycles. The number of hydrogen-bond donors (Lipinski definition) is 1. The summed E-state index contributed by atoms with van der Waals surface area (Å²) in [6.45, 7) is 0. The van der Waals surface area contributed by atoms with E-state index in [1.54, 1.807) is 11.9 Å². The summed E-state index contributed by atoms with van der Waals surface area (Å²) >= 11 is 6.80. The summed E-state index contributed by atoms with van der Waals surface area (Å²) < 4.78 is 3.11. The molecular formula is C7H7NS2. The summed E-state index contributed by atoms with van der Waals surface area (Å²) in [5, 5.41) is 0.539. The maximum Gasteiger partial charge on any atom is 0.0937 e. The molecule has 0 aromatic carbocycles. The fraction of sp³-hybridized carbons (Fsp3) is 0.286. The Labute approximate surface area is 69.7 Å². The highest BCUT2D eigenvalue weighted by Gasteiger charge is 2.29. The molecular weight excluding hydrogens is 162 g/mol. The van der Waals surface area contributed by atoms with Crippen LogP contribution in [0.3, 0.4) is 0 Å². The van der Waals surface area contributed by atoms with Crippen LogP contribution in [0.5, 0.6) is 0 Å². The lowest BCUT2D eigenvalue weighted by Crippen LogP contribution is -2.17. The molecule has 1 N–H and O–H groups in total. The zero-order valence-corrected chi connectivity index (χ0v) is 6.91. The van der Waals surface area contributed by atoms with Gasteiger partial charge in [0.15, 0.2) is 0 Å². The van der Waals surface area contributed by atoms with Crippen molar-refractivity contribution >= 4 is 29.2 Å². The molecule has 1 nitrogen and oxygen atoms in total. The first-order valence-corrected chi connectivity index (χ1v) is 4.47. The number of fused-ring (bicyclic) bond motifs is 1. The molecule has 0 amide bonds. The van der Waals surface area contributed by atoms with E-state index in [1.165, 1.54) is 0 Å². The average molecular weight is 169 g/mol. The largest absolute Gasteiger partial charge is 0.323 e. The van der Waals surface area contributed by atoms with Gasteiger partial charge in [-0.05, 0) is 11.9 Å². The van der Waals surface area contributed by atoms with Crippen molar-refractivity contribution in [2.24, 2.45) is 5.92 Å². The van der Waals surface area contributed by atoms with Crippen LogP contribution in [-0.2, 0) is 0 Å². The highest BCUT2D eigenvalue weighted by molar-refractivity contribution is 8.00. The summed E-state index contributed by atoms with van der Waals surface area (Å²) in [5.41, 5.74) is 0. The molecule has 0 aromatic rings. The van der Waals surface area contributed by atoms with Crippen LogP contribution in [0.15, 0.2) is 24.3 Å². The lowest BCUT2D eigenvalue weighted by atomic mass is 10.0. The van der Waals surface area contributed by atoms with E-state index in [0.29, 0.717) is 11.2 Å². The van der Waals surface area contributed by atoms with Crippen molar-refractivity contribution in [3.8, 4) is 0 Å². The summed E-state index contributed by atoms with van der Waals surface area (Å²) in [4.78, 5) is 0.968. The molecule has 10 heavy (non-hydrogen) atoms. The molecule has 2 aliphatic rings. The fourth-order valence-corrected chi connectivity index (χ4v) is 2.52. The number of hydrogen-bond acceptors (Lipinski definition) is 2. The van der Waals surface area contributed by atoms with Crippen LogP contribution in [0.2, 0.25) is 0 Å². The number of rotatable bonds is 0. The van der Waals surface area contributed by atoms with Crippen molar-refractivity contribution in [2.45, 2.75) is 5.25 Å². The maximum absolute atomic E-state index is 5.10. The third kappa shape index (κ3) is 0.896. The third-order valence-electron chi connectivity index (χ3n) is 1.68. The minimum atomic E-state index is 0.449. The summed E-state index contributed by atoms with van der Waals surface area (Å²) in [6, 6.07) is 0. The topological polar surface area (TPSA) is 12.0 Å². The van der Waals surface area contributed by atoms with Gasteiger partial charge < -0.3 is 4.72 Å². The molecule has 1 heterocycles. The minimum Gasteiger partial charge on any atom is -0.323 e. The van der Waals surface area contributed by atoms with Crippen LogP contribution in [0.1, 0.15) is 0 Å². The Bertz CT molecular complexity index is 220. The molecule has 3 heteroatoms. The van der Waals surface area contributed by atoms with Crippen molar-refractivity contribution in [1.29, 1.82) is 0 Å². The van der Waals surface area contributed by atoms with Crippen LogP contribution in [0, 0.1) is 5.92 Å². The van der Waals surface area contributed by atoms with Crippen molar-refractivity contribution in [3.63, 3.8) is 0 Å². The molecule has 0 saturated carbocycles. The van der Waals surface area contributed by atoms with E-state index < -0.39 is 0 Å². The Kier molecular flexibility index (Phi) is 1.54. The molecule has 1 saturated heterocycles. The highest BCUT2D eigenvalue weighted by atomic mass is 32.2. The number of thiocarbonyl (C=S) groups is 1. The predicted molar refractivity (Wildman–Crippen MR) is 48.9 cm³/mol. The van der Waals surface area contributed by atoms with Gasteiger partial charge in [-0.25, -0.2) is 0 Å². The van der Waals surface area contributed by atoms with E-state index in [9.17, 15) is 0 Å². The first-order chi connectivity index (χ1) is 4.88. The normalized spacial score (nSPS) is 35.8. The molecule has 52 valence electrons. The smallest absolute Gasteiger partial charge is 0.0937 e. The Morgan fingerprint density at radius 2 is 2.20 bits per heavy atom. The van der Waals surface area contributed by atoms with Crippen LogP contribution >= 0.6 is 24.2 Å². The number of allylic oxidation sites excluding steroid dienone is 2. The molecule has 2 rings (SSSR count). The second kappa shape index (κ2) is 2.40. The van der Waals surface area contributed by atoms with Crippen molar-refractivity contribution in [2.75, 3.05) is 0 Å². The van der Waals surface area contributed by atoms with Gasteiger partial charge in [0.2, 0.25) is 0 Å². The van der Waals surface area contributed by atoms with Gasteiger partial charge >= 0.3 is 0 Å². The van der Waals surface area contributed by atoms with Gasteiger partial charge in [-0.2, -0.15) is 0 Å². The van der Waals surface area contributed by atoms with Crippen molar-refractivity contribution in [1.82, 2.24) is 4.72 Å². The summed E-state index contributed by atoms with van der Waals surface area (Å²) in [7, 11) is 0. The Balaban J connectivity index is 2.27. The Hall–Kier alpha value is -0.280. The lowest BCUT2D eigenvalue weighted by molar-refractivity contribution is 0.915. The van der Waals surface area contributed by atoms with Gasteiger partial charge in [0.25, 0.3) is 0 Å². The Morgan fingerprint density at radius 3 is 3.00 bits per heavy atom. The van der Waals surface area contributed by atoms with Crippen LogP contribution < -0.4 is 4.72 Å². The van der Waals surface area contributed by atoms with Gasteiger partial charge in [0.1, 0.15) is 0 Å². The van der Waals surface area contributed by atoms with E-state index in [-0.39, 0.29) is 0 Å². The molecule has 0 bridgehead atoms. The standard InChI is InChI=1S/C7H7NS2/c9-7-5-3-1-2-4-6(5)10-8-7/h1-6H,(H,8,9). The molecule has 2 atom stereocenters. The van der Waals surface area contributed by atoms with E-state index >= 15 is 0 Å². The van der Waals surface area contributed by atoms with Gasteiger partial charge in [0, 0.05) is 5.92 Å². The van der Waals surface area contributed by atoms with E-state index in [4.69, 9.17) is 12.2 Å². The SMILES string of the molecule is S=C1NSC2C=CC=CC12. The quantitative estimate of drug-likeness (QED) is 0.437. The molecule has 1 aliphatic heterocycles. The second-order valence-electron chi connectivity index (χ2n) is 2.34. The summed E-state index contributed by atoms with van der Waals surface area (Å²) in [6.07, 6.45) is 8.46. The van der Waals surface area contributed by atoms with Crippen molar-refractivity contribution in [3.05, 3.63) is 24.3 Å². The van der Waals surface area contributed by atoms with E-state index in [0.717, 1.165) is 4.99 Å². The average Bonchev–Trinajstić information content (AvgIpc) is 2.34. The highest BCUT2D eigenvalue weighted by Crippen LogP contribution is 2.30. The summed E-state index contributed by atoms with van der Waals surface area (Å²) in [5.74, 6) is 0.449. The first kappa shape index (κ1) is 6.43. The second-order valence-corrected chi connectivity index (χ2v) is 3.77. The molecule has 2 unspecified atom stereocenters. The molecule has 0 aromatic heterocycles. The van der Waals surface area contributed by atoms with Gasteiger partial charge in [-0.3, -0.25) is 0 Å². The van der Waals surface area contributed by atoms with Crippen LogP contribution in [0.4, 0.5) is 0 Å². The van der Waals surface area contributed by atoms with Gasteiger partial charge in [-0.15, -0.1) is 0 Å². The Morgan fingerprint density at radius 1 is 1.40 bits per heavy atom. The molecule has 1 fully saturated rings. The predicted octanol–water partition coefficient (Wildman–Crippen LogP) is 1.68. The van der Waals surface area contributed by atoms with E-state index in [2.05, 4.69) is 29.0 Å². The minimum absolute atomic E-state index is 0.449. The zero-order valence-electron chi connectivity index (χ0n) is 5.28. The monoisotopic (exact) mass is 169 g/mol. The maximum atomic E-state index is 5.10. The lowest BCUT2D eigenvalue weighted by Gasteiger charge is -2.10. The van der Waals surface area contributed by atoms with Crippen LogP contribution in [-0.4, -0.2) is 10.2 Å². The first-order valence-electron chi connectivity index (χ1n) is 3.18. The molecule has 0 spiro atoms. The fourth-order valence-electron chi connectivity index (χ4n) is 1.13. The van der Waals surface area contributed by atoms with E-state index in [1.807, 2.05) is 0 Å². The van der Waals surface area contributed by atoms with Crippen LogP contribution in [0.25, 0.3) is 0 Å². The van der Waals surface area contributed by atoms with Gasteiger partial charge in [-0.1, -0.05) is 36.5 Å². The zero-order chi connectivity index (χ0) is 6.97. The van der Waals surface area contributed by atoms with Gasteiger partial charge in [0.05, 0.1) is 10.2 Å². The van der Waals surface area contributed by atoms with Crippen molar-refractivity contribution < 1.29 is 0 Å². The number of nitrogens with one attached hydrogen (secondary N) is 1. The molecule has 0 radical (unpaired) electrons.